The fourth-order valence-corrected chi connectivity index (χ4v) is 6.49. The van der Waals surface area contributed by atoms with Crippen LogP contribution in [0.1, 0.15) is 37.5 Å². The average molecular weight is 613 g/mol. The summed E-state index contributed by atoms with van der Waals surface area (Å²) >= 11 is 1.43. The maximum absolute atomic E-state index is 13.4. The summed E-state index contributed by atoms with van der Waals surface area (Å²) in [5, 5.41) is 13.7. The summed E-state index contributed by atoms with van der Waals surface area (Å²) in [5.41, 5.74) is 5.53. The number of amides is 1. The number of hydrogen-bond donors (Lipinski definition) is 2. The van der Waals surface area contributed by atoms with E-state index in [9.17, 15) is 14.7 Å². The number of aryl methyl sites for hydroxylation is 1. The van der Waals surface area contributed by atoms with E-state index in [1.54, 1.807) is 6.07 Å². The number of anilines is 2. The molecular weight excluding hydrogens is 584 g/mol. The molecule has 8 nitrogen and oxygen atoms in total. The van der Waals surface area contributed by atoms with Crippen molar-refractivity contribution in [3.63, 3.8) is 0 Å². The number of carbonyl (C=O) groups excluding carboxylic acids is 1. The number of aromatic carboxylic acids is 1. The predicted octanol–water partition coefficient (Wildman–Crippen LogP) is 7.97. The lowest BCUT2D eigenvalue weighted by molar-refractivity contribution is 0.0691. The Hall–Kier alpha value is -5.54. The number of fused-ring (bicyclic) bond motifs is 2. The Morgan fingerprint density at radius 3 is 2.58 bits per heavy atom. The van der Waals surface area contributed by atoms with E-state index < -0.39 is 5.97 Å². The number of pyridine rings is 1. The van der Waals surface area contributed by atoms with Gasteiger partial charge in [-0.05, 0) is 84.1 Å². The zero-order valence-electron chi connectivity index (χ0n) is 24.4. The second kappa shape index (κ2) is 11.9. The number of hydrogen-bond acceptors (Lipinski definition) is 7. The largest absolute Gasteiger partial charge is 0.476 e. The molecule has 0 saturated heterocycles. The Bertz CT molecular complexity index is 2060. The summed E-state index contributed by atoms with van der Waals surface area (Å²) in [6.07, 6.45) is 0.696. The molecule has 222 valence electrons. The molecule has 1 aliphatic heterocycles. The highest BCUT2D eigenvalue weighted by atomic mass is 32.1. The van der Waals surface area contributed by atoms with Gasteiger partial charge in [0.15, 0.2) is 10.8 Å². The number of nitrogens with zero attached hydrogens (tertiary/aromatic N) is 3. The quantitative estimate of drug-likeness (QED) is 0.188. The second-order valence-electron chi connectivity index (χ2n) is 10.8. The van der Waals surface area contributed by atoms with Gasteiger partial charge in [0.2, 0.25) is 0 Å². The van der Waals surface area contributed by atoms with Crippen LogP contribution in [0.5, 0.6) is 11.5 Å². The van der Waals surface area contributed by atoms with Crippen LogP contribution in [0.2, 0.25) is 0 Å². The van der Waals surface area contributed by atoms with Gasteiger partial charge in [-0.3, -0.25) is 10.1 Å². The molecule has 0 spiro atoms. The number of nitrogens with one attached hydrogen (secondary N) is 1. The molecular formula is C36H28N4O4S. The normalized spacial score (nSPS) is 12.5. The number of carboxylic acid groups (broad SMARTS) is 1. The fraction of sp³-hybridized carbons (Fsp3) is 0.111. The van der Waals surface area contributed by atoms with Crippen molar-refractivity contribution in [3.8, 4) is 22.6 Å². The van der Waals surface area contributed by atoms with Crippen LogP contribution in [-0.4, -0.2) is 33.5 Å². The Labute approximate surface area is 263 Å². The summed E-state index contributed by atoms with van der Waals surface area (Å²) in [7, 11) is 0. The van der Waals surface area contributed by atoms with E-state index in [0.29, 0.717) is 52.9 Å². The van der Waals surface area contributed by atoms with Crippen LogP contribution >= 0.6 is 11.3 Å². The molecule has 7 rings (SSSR count). The van der Waals surface area contributed by atoms with E-state index in [0.717, 1.165) is 32.7 Å². The molecule has 0 unspecified atom stereocenters. The molecule has 1 aliphatic rings. The lowest BCUT2D eigenvalue weighted by Gasteiger charge is -2.31. The van der Waals surface area contributed by atoms with Gasteiger partial charge in [0, 0.05) is 24.2 Å². The van der Waals surface area contributed by atoms with E-state index in [-0.39, 0.29) is 11.6 Å². The van der Waals surface area contributed by atoms with Gasteiger partial charge in [0.1, 0.15) is 17.3 Å². The molecule has 2 N–H and O–H groups in total. The van der Waals surface area contributed by atoms with E-state index >= 15 is 0 Å². The van der Waals surface area contributed by atoms with Crippen LogP contribution in [0.3, 0.4) is 0 Å². The van der Waals surface area contributed by atoms with Crippen molar-refractivity contribution in [2.24, 2.45) is 0 Å². The summed E-state index contributed by atoms with van der Waals surface area (Å²) in [4.78, 5) is 37.1. The topological polar surface area (TPSA) is 105 Å². The first-order chi connectivity index (χ1) is 21.9. The first kappa shape index (κ1) is 28.2. The van der Waals surface area contributed by atoms with Gasteiger partial charge in [-0.15, -0.1) is 0 Å². The van der Waals surface area contributed by atoms with Crippen molar-refractivity contribution in [1.82, 2.24) is 9.97 Å². The smallest absolute Gasteiger partial charge is 0.355 e. The minimum absolute atomic E-state index is 0.0480. The summed E-state index contributed by atoms with van der Waals surface area (Å²) in [5.74, 6) is 0.530. The number of benzene rings is 4. The van der Waals surface area contributed by atoms with Gasteiger partial charge in [-0.1, -0.05) is 65.9 Å². The molecule has 0 bridgehead atoms. The monoisotopic (exact) mass is 612 g/mol. The van der Waals surface area contributed by atoms with Crippen LogP contribution in [0.4, 0.5) is 10.9 Å². The van der Waals surface area contributed by atoms with Crippen LogP contribution in [0.25, 0.3) is 21.3 Å². The molecule has 2 aromatic heterocycles. The van der Waals surface area contributed by atoms with E-state index in [1.165, 1.54) is 11.3 Å². The van der Waals surface area contributed by atoms with Crippen molar-refractivity contribution in [1.29, 1.82) is 0 Å². The number of thiazole rings is 1. The lowest BCUT2D eigenvalue weighted by atomic mass is 9.94. The third kappa shape index (κ3) is 5.73. The molecule has 3 heterocycles. The Morgan fingerprint density at radius 2 is 1.73 bits per heavy atom. The highest BCUT2D eigenvalue weighted by Gasteiger charge is 2.25. The van der Waals surface area contributed by atoms with Gasteiger partial charge in [0.05, 0.1) is 10.2 Å². The van der Waals surface area contributed by atoms with Gasteiger partial charge < -0.3 is 14.7 Å². The van der Waals surface area contributed by atoms with Gasteiger partial charge in [-0.2, -0.15) is 0 Å². The van der Waals surface area contributed by atoms with Gasteiger partial charge in [-0.25, -0.2) is 14.8 Å². The Kier molecular flexibility index (Phi) is 7.44. The van der Waals surface area contributed by atoms with Gasteiger partial charge >= 0.3 is 5.97 Å². The SMILES string of the molecule is Cc1ccccc1Oc1cccc(-c2ccc(N3CCc4cccc(C(=O)Nc5nc6ccccc6s5)c4C3)nc2C(=O)O)c1. The average Bonchev–Trinajstić information content (AvgIpc) is 3.47. The minimum Gasteiger partial charge on any atom is -0.476 e. The van der Waals surface area contributed by atoms with Crippen molar-refractivity contribution < 1.29 is 19.4 Å². The number of carboxylic acids is 1. The highest BCUT2D eigenvalue weighted by Crippen LogP contribution is 2.33. The number of aromatic nitrogens is 2. The zero-order chi connectivity index (χ0) is 30.9. The van der Waals surface area contributed by atoms with Crippen molar-refractivity contribution in [2.45, 2.75) is 19.9 Å². The molecule has 6 aromatic rings. The molecule has 4 aromatic carbocycles. The first-order valence-electron chi connectivity index (χ1n) is 14.5. The van der Waals surface area contributed by atoms with Crippen LogP contribution in [-0.2, 0) is 13.0 Å². The third-order valence-electron chi connectivity index (χ3n) is 7.91. The lowest BCUT2D eigenvalue weighted by Crippen LogP contribution is -2.33. The Balaban J connectivity index is 1.15. The summed E-state index contributed by atoms with van der Waals surface area (Å²) in [6.45, 7) is 3.03. The Morgan fingerprint density at radius 1 is 0.911 bits per heavy atom. The second-order valence-corrected chi connectivity index (χ2v) is 11.9. The fourth-order valence-electron chi connectivity index (χ4n) is 5.63. The number of rotatable bonds is 7. The summed E-state index contributed by atoms with van der Waals surface area (Å²) < 4.78 is 7.10. The van der Waals surface area contributed by atoms with E-state index in [2.05, 4.69) is 15.3 Å². The van der Waals surface area contributed by atoms with Crippen LogP contribution in [0.15, 0.2) is 103 Å². The van der Waals surface area contributed by atoms with Crippen LogP contribution in [0, 0.1) is 6.92 Å². The molecule has 1 amide bonds. The zero-order valence-corrected chi connectivity index (χ0v) is 25.2. The molecule has 0 saturated carbocycles. The molecule has 0 aliphatic carbocycles. The molecule has 9 heteroatoms. The first-order valence-corrected chi connectivity index (χ1v) is 15.4. The molecule has 0 radical (unpaired) electrons. The summed E-state index contributed by atoms with van der Waals surface area (Å²) in [6, 6.07) is 32.2. The number of carbonyl (C=O) groups is 2. The van der Waals surface area contributed by atoms with Crippen molar-refractivity contribution >= 4 is 44.4 Å². The van der Waals surface area contributed by atoms with E-state index in [4.69, 9.17) is 4.74 Å². The maximum Gasteiger partial charge on any atom is 0.355 e. The van der Waals surface area contributed by atoms with Crippen molar-refractivity contribution in [3.05, 3.63) is 131 Å². The minimum atomic E-state index is -1.12. The highest BCUT2D eigenvalue weighted by molar-refractivity contribution is 7.22. The predicted molar refractivity (Wildman–Crippen MR) is 177 cm³/mol. The molecule has 0 fully saturated rings. The molecule has 0 atom stereocenters. The number of ether oxygens (including phenoxy) is 1. The van der Waals surface area contributed by atoms with E-state index in [1.807, 2.05) is 109 Å². The number of para-hydroxylation sites is 2. The molecule has 45 heavy (non-hydrogen) atoms. The van der Waals surface area contributed by atoms with Crippen molar-refractivity contribution in [2.75, 3.05) is 16.8 Å². The standard InChI is InChI=1S/C36H28N4O4S/c1-22-8-2-4-14-30(22)44-25-11-6-10-24(20-25)26-16-17-32(38-33(26)35(42)43)40-19-18-23-9-7-12-27(28(23)21-40)34(41)39-36-37-29-13-3-5-15-31(29)45-36/h2-17,20H,18-19,21H2,1H3,(H,42,43)(H,37,39,41). The van der Waals surface area contributed by atoms with Gasteiger partial charge in [0.25, 0.3) is 5.91 Å². The maximum atomic E-state index is 13.4. The van der Waals surface area contributed by atoms with Crippen LogP contribution < -0.4 is 15.0 Å². The third-order valence-corrected chi connectivity index (χ3v) is 8.86.